The summed E-state index contributed by atoms with van der Waals surface area (Å²) in [5, 5.41) is 16.6. The summed E-state index contributed by atoms with van der Waals surface area (Å²) < 4.78 is 11.6. The van der Waals surface area contributed by atoms with Crippen LogP contribution in [0.5, 0.6) is 5.75 Å². The van der Waals surface area contributed by atoms with E-state index in [4.69, 9.17) is 9.26 Å². The highest BCUT2D eigenvalue weighted by atomic mass is 32.2. The molecule has 4 aromatic rings. The van der Waals surface area contributed by atoms with E-state index in [1.807, 2.05) is 36.4 Å². The van der Waals surface area contributed by atoms with Crippen LogP contribution in [0.4, 0.5) is 10.8 Å². The first kappa shape index (κ1) is 19.4. The van der Waals surface area contributed by atoms with Crippen molar-refractivity contribution in [3.05, 3.63) is 59.5 Å². The maximum Gasteiger partial charge on any atom is 0.237 e. The van der Waals surface area contributed by atoms with E-state index in [1.165, 1.54) is 34.2 Å². The molecule has 0 atom stereocenters. The summed E-state index contributed by atoms with van der Waals surface area (Å²) in [5.41, 5.74) is 4.27. The molecule has 2 heterocycles. The average molecular weight is 426 g/mol. The molecule has 4 rings (SSSR count). The molecule has 29 heavy (non-hydrogen) atoms. The normalized spacial score (nSPS) is 10.9. The Kier molecular flexibility index (Phi) is 5.77. The smallest absolute Gasteiger partial charge is 0.237 e. The van der Waals surface area contributed by atoms with Crippen molar-refractivity contribution in [3.8, 4) is 17.1 Å². The van der Waals surface area contributed by atoms with Crippen LogP contribution in [0.15, 0.2) is 51.3 Å². The number of anilines is 2. The molecule has 1 N–H and O–H groups in total. The van der Waals surface area contributed by atoms with Gasteiger partial charge in [0, 0.05) is 5.69 Å². The molecule has 2 aromatic carbocycles. The summed E-state index contributed by atoms with van der Waals surface area (Å²) >= 11 is 3.00. The Bertz CT molecular complexity index is 1130. The second-order valence-electron chi connectivity index (χ2n) is 6.25. The predicted molar refractivity (Wildman–Crippen MR) is 115 cm³/mol. The zero-order chi connectivity index (χ0) is 20.2. The molecule has 0 radical (unpaired) electrons. The molecule has 0 bridgehead atoms. The molecule has 0 amide bonds. The van der Waals surface area contributed by atoms with E-state index >= 15 is 0 Å². The second kappa shape index (κ2) is 8.62. The van der Waals surface area contributed by atoms with Crippen LogP contribution in [0.3, 0.4) is 0 Å². The van der Waals surface area contributed by atoms with Crippen LogP contribution in [0.2, 0.25) is 0 Å². The van der Waals surface area contributed by atoms with Gasteiger partial charge in [0.1, 0.15) is 5.75 Å². The monoisotopic (exact) mass is 425 g/mol. The third-order valence-electron chi connectivity index (χ3n) is 4.39. The van der Waals surface area contributed by atoms with E-state index in [9.17, 15) is 0 Å². The van der Waals surface area contributed by atoms with Crippen molar-refractivity contribution in [1.82, 2.24) is 20.3 Å². The fourth-order valence-corrected chi connectivity index (χ4v) is 4.30. The number of aromatic nitrogens is 4. The van der Waals surface area contributed by atoms with Gasteiger partial charge in [-0.1, -0.05) is 52.5 Å². The van der Waals surface area contributed by atoms with Crippen LogP contribution in [0.25, 0.3) is 11.4 Å². The highest BCUT2D eigenvalue weighted by Crippen LogP contribution is 2.32. The summed E-state index contributed by atoms with van der Waals surface area (Å²) in [4.78, 5) is 4.46. The topological polar surface area (TPSA) is 86.0 Å². The number of benzene rings is 2. The standard InChI is InChI=1S/C20H19N5O2S2/c1-12-7-6-9-15(13(12)2)21-19-23-24-20(29-19)28-11-17-22-18(25-27-17)14-8-4-5-10-16(14)26-3/h4-10H,11H2,1-3H3,(H,21,23). The van der Waals surface area contributed by atoms with Gasteiger partial charge in [0.05, 0.1) is 18.4 Å². The average Bonchev–Trinajstić information content (AvgIpc) is 3.39. The number of methoxy groups -OCH3 is 1. The minimum absolute atomic E-state index is 0.507. The number of nitrogens with zero attached hydrogens (tertiary/aromatic N) is 4. The van der Waals surface area contributed by atoms with Gasteiger partial charge >= 0.3 is 0 Å². The van der Waals surface area contributed by atoms with Gasteiger partial charge in [-0.3, -0.25) is 0 Å². The van der Waals surface area contributed by atoms with Crippen LogP contribution < -0.4 is 10.1 Å². The predicted octanol–water partition coefficient (Wildman–Crippen LogP) is 5.25. The van der Waals surface area contributed by atoms with E-state index in [2.05, 4.69) is 45.6 Å². The van der Waals surface area contributed by atoms with Gasteiger partial charge in [0.25, 0.3) is 0 Å². The minimum atomic E-state index is 0.507. The molecule has 0 aliphatic heterocycles. The third kappa shape index (κ3) is 4.41. The van der Waals surface area contributed by atoms with E-state index in [0.717, 1.165) is 20.7 Å². The largest absolute Gasteiger partial charge is 0.496 e. The quantitative estimate of drug-likeness (QED) is 0.402. The molecule has 0 fully saturated rings. The van der Waals surface area contributed by atoms with Crippen molar-refractivity contribution in [2.75, 3.05) is 12.4 Å². The second-order valence-corrected chi connectivity index (χ2v) is 8.45. The maximum absolute atomic E-state index is 5.37. The van der Waals surface area contributed by atoms with Crippen LogP contribution >= 0.6 is 23.1 Å². The first-order valence-electron chi connectivity index (χ1n) is 8.89. The van der Waals surface area contributed by atoms with Crippen LogP contribution in [-0.2, 0) is 5.75 Å². The van der Waals surface area contributed by atoms with E-state index < -0.39 is 0 Å². The Morgan fingerprint density at radius 3 is 2.83 bits per heavy atom. The number of para-hydroxylation sites is 1. The molecule has 0 unspecified atom stereocenters. The van der Waals surface area contributed by atoms with E-state index in [-0.39, 0.29) is 0 Å². The number of hydrogen-bond acceptors (Lipinski definition) is 9. The summed E-state index contributed by atoms with van der Waals surface area (Å²) in [6.45, 7) is 4.18. The van der Waals surface area contributed by atoms with Crippen molar-refractivity contribution in [2.24, 2.45) is 0 Å². The first-order chi connectivity index (χ1) is 14.1. The number of thioether (sulfide) groups is 1. The van der Waals surface area contributed by atoms with E-state index in [0.29, 0.717) is 23.2 Å². The van der Waals surface area contributed by atoms with Gasteiger partial charge in [-0.05, 0) is 43.2 Å². The van der Waals surface area contributed by atoms with Crippen molar-refractivity contribution >= 4 is 33.9 Å². The highest BCUT2D eigenvalue weighted by Gasteiger charge is 2.14. The van der Waals surface area contributed by atoms with Gasteiger partial charge in [0.15, 0.2) is 4.34 Å². The van der Waals surface area contributed by atoms with Crippen molar-refractivity contribution in [2.45, 2.75) is 23.9 Å². The van der Waals surface area contributed by atoms with Crippen LogP contribution in [-0.4, -0.2) is 27.4 Å². The molecule has 0 aliphatic rings. The fraction of sp³-hybridized carbons (Fsp3) is 0.200. The Morgan fingerprint density at radius 1 is 1.10 bits per heavy atom. The lowest BCUT2D eigenvalue weighted by Crippen LogP contribution is -1.94. The zero-order valence-corrected chi connectivity index (χ0v) is 17.8. The van der Waals surface area contributed by atoms with Crippen LogP contribution in [0, 0.1) is 13.8 Å². The van der Waals surface area contributed by atoms with Gasteiger partial charge < -0.3 is 14.6 Å². The number of aryl methyl sites for hydroxylation is 1. The Hall–Kier alpha value is -2.91. The SMILES string of the molecule is COc1ccccc1-c1noc(CSc2nnc(Nc3cccc(C)c3C)s2)n1. The lowest BCUT2D eigenvalue weighted by Gasteiger charge is -2.08. The number of hydrogen-bond donors (Lipinski definition) is 1. The lowest BCUT2D eigenvalue weighted by atomic mass is 10.1. The summed E-state index contributed by atoms with van der Waals surface area (Å²) in [7, 11) is 1.62. The third-order valence-corrected chi connectivity index (χ3v) is 6.34. The van der Waals surface area contributed by atoms with Gasteiger partial charge in [-0.2, -0.15) is 4.98 Å². The molecule has 0 saturated carbocycles. The Labute approximate surface area is 176 Å². The molecule has 7 nitrogen and oxygen atoms in total. The summed E-state index contributed by atoms with van der Waals surface area (Å²) in [6, 6.07) is 13.7. The molecule has 0 aliphatic carbocycles. The fourth-order valence-electron chi connectivity index (χ4n) is 2.70. The van der Waals surface area contributed by atoms with Gasteiger partial charge in [-0.15, -0.1) is 10.2 Å². The van der Waals surface area contributed by atoms with E-state index in [1.54, 1.807) is 7.11 Å². The zero-order valence-electron chi connectivity index (χ0n) is 16.2. The van der Waals surface area contributed by atoms with Gasteiger partial charge in [0.2, 0.25) is 16.8 Å². The van der Waals surface area contributed by atoms with Crippen LogP contribution in [0.1, 0.15) is 17.0 Å². The minimum Gasteiger partial charge on any atom is -0.496 e. The molecular weight excluding hydrogens is 406 g/mol. The molecule has 2 aromatic heterocycles. The molecular formula is C20H19N5O2S2. The summed E-state index contributed by atoms with van der Waals surface area (Å²) in [6.07, 6.45) is 0. The Morgan fingerprint density at radius 2 is 1.97 bits per heavy atom. The molecule has 9 heteroatoms. The lowest BCUT2D eigenvalue weighted by molar-refractivity contribution is 0.390. The number of rotatable bonds is 7. The molecule has 0 saturated heterocycles. The highest BCUT2D eigenvalue weighted by molar-refractivity contribution is 8.00. The maximum atomic E-state index is 5.37. The van der Waals surface area contributed by atoms with Crippen molar-refractivity contribution in [3.63, 3.8) is 0 Å². The van der Waals surface area contributed by atoms with Crippen molar-refractivity contribution in [1.29, 1.82) is 0 Å². The van der Waals surface area contributed by atoms with Gasteiger partial charge in [-0.25, -0.2) is 0 Å². The number of nitrogens with one attached hydrogen (secondary N) is 1. The Balaban J connectivity index is 1.40. The summed E-state index contributed by atoms with van der Waals surface area (Å²) in [5.74, 6) is 2.25. The number of ether oxygens (including phenoxy) is 1. The first-order valence-corrected chi connectivity index (χ1v) is 10.7. The molecule has 148 valence electrons. The molecule has 0 spiro atoms. The van der Waals surface area contributed by atoms with Crippen molar-refractivity contribution < 1.29 is 9.26 Å².